The zero-order valence-electron chi connectivity index (χ0n) is 9.41. The van der Waals surface area contributed by atoms with E-state index in [0.29, 0.717) is 10.6 Å². The van der Waals surface area contributed by atoms with Crippen molar-refractivity contribution >= 4 is 27.5 Å². The summed E-state index contributed by atoms with van der Waals surface area (Å²) in [6, 6.07) is 11.5. The summed E-state index contributed by atoms with van der Waals surface area (Å²) >= 11 is 9.30. The number of aliphatic hydroxyl groups is 1. The van der Waals surface area contributed by atoms with E-state index in [-0.39, 0.29) is 12.2 Å². The van der Waals surface area contributed by atoms with E-state index < -0.39 is 6.10 Å². The van der Waals surface area contributed by atoms with Crippen LogP contribution >= 0.6 is 27.5 Å². The number of halogens is 3. The Morgan fingerprint density at radius 2 is 1.83 bits per heavy atom. The minimum atomic E-state index is -0.697. The highest BCUT2D eigenvalue weighted by Crippen LogP contribution is 2.25. The first kappa shape index (κ1) is 13.5. The van der Waals surface area contributed by atoms with Gasteiger partial charge in [-0.2, -0.15) is 0 Å². The van der Waals surface area contributed by atoms with Crippen LogP contribution in [-0.2, 0) is 6.42 Å². The molecule has 0 aliphatic rings. The van der Waals surface area contributed by atoms with Crippen molar-refractivity contribution in [3.63, 3.8) is 0 Å². The summed E-state index contributed by atoms with van der Waals surface area (Å²) in [4.78, 5) is 0. The molecule has 0 saturated heterocycles. The van der Waals surface area contributed by atoms with Crippen LogP contribution in [0.3, 0.4) is 0 Å². The van der Waals surface area contributed by atoms with Crippen molar-refractivity contribution in [2.75, 3.05) is 0 Å². The molecule has 4 heteroatoms. The standard InChI is InChI=1S/C14H11BrClFO/c15-11-3-1-9(2-4-11)14(18)8-10-7-12(17)5-6-13(10)16/h1-7,14,18H,8H2. The molecule has 0 spiro atoms. The van der Waals surface area contributed by atoms with Crippen molar-refractivity contribution in [1.82, 2.24) is 0 Å². The molecule has 18 heavy (non-hydrogen) atoms. The van der Waals surface area contributed by atoms with Gasteiger partial charge in [-0.25, -0.2) is 4.39 Å². The van der Waals surface area contributed by atoms with Gasteiger partial charge < -0.3 is 5.11 Å². The fourth-order valence-electron chi connectivity index (χ4n) is 1.71. The molecule has 0 heterocycles. The summed E-state index contributed by atoms with van der Waals surface area (Å²) in [6.07, 6.45) is -0.407. The first-order valence-corrected chi connectivity index (χ1v) is 6.61. The Balaban J connectivity index is 2.18. The summed E-state index contributed by atoms with van der Waals surface area (Å²) in [7, 11) is 0. The molecule has 2 aromatic carbocycles. The second-order valence-corrected chi connectivity index (χ2v) is 5.33. The third kappa shape index (κ3) is 3.31. The van der Waals surface area contributed by atoms with E-state index in [2.05, 4.69) is 15.9 Å². The van der Waals surface area contributed by atoms with Crippen molar-refractivity contribution in [1.29, 1.82) is 0 Å². The lowest BCUT2D eigenvalue weighted by atomic mass is 10.0. The van der Waals surface area contributed by atoms with Gasteiger partial charge >= 0.3 is 0 Å². The quantitative estimate of drug-likeness (QED) is 0.878. The third-order valence-electron chi connectivity index (χ3n) is 2.68. The predicted molar refractivity (Wildman–Crippen MR) is 74.2 cm³/mol. The Morgan fingerprint density at radius 1 is 1.17 bits per heavy atom. The lowest BCUT2D eigenvalue weighted by Gasteiger charge is -2.12. The van der Waals surface area contributed by atoms with E-state index in [1.54, 1.807) is 0 Å². The molecule has 0 radical (unpaired) electrons. The molecule has 1 N–H and O–H groups in total. The highest BCUT2D eigenvalue weighted by Gasteiger charge is 2.11. The number of aliphatic hydroxyl groups excluding tert-OH is 1. The topological polar surface area (TPSA) is 20.2 Å². The van der Waals surface area contributed by atoms with Gasteiger partial charge in [0, 0.05) is 15.9 Å². The number of rotatable bonds is 3. The maximum absolute atomic E-state index is 13.1. The Morgan fingerprint density at radius 3 is 2.50 bits per heavy atom. The first-order chi connectivity index (χ1) is 8.56. The SMILES string of the molecule is OC(Cc1cc(F)ccc1Cl)c1ccc(Br)cc1. The minimum Gasteiger partial charge on any atom is -0.388 e. The van der Waals surface area contributed by atoms with Crippen LogP contribution in [0.15, 0.2) is 46.9 Å². The molecular weight excluding hydrogens is 319 g/mol. The van der Waals surface area contributed by atoms with E-state index in [0.717, 1.165) is 10.0 Å². The highest BCUT2D eigenvalue weighted by molar-refractivity contribution is 9.10. The fraction of sp³-hybridized carbons (Fsp3) is 0.143. The van der Waals surface area contributed by atoms with Gasteiger partial charge in [-0.1, -0.05) is 39.7 Å². The third-order valence-corrected chi connectivity index (χ3v) is 3.57. The van der Waals surface area contributed by atoms with Crippen LogP contribution < -0.4 is 0 Å². The maximum atomic E-state index is 13.1. The molecule has 1 nitrogen and oxygen atoms in total. The van der Waals surface area contributed by atoms with E-state index >= 15 is 0 Å². The van der Waals surface area contributed by atoms with E-state index in [1.807, 2.05) is 24.3 Å². The molecular formula is C14H11BrClFO. The lowest BCUT2D eigenvalue weighted by Crippen LogP contribution is -2.02. The molecule has 0 amide bonds. The molecule has 0 fully saturated rings. The van der Waals surface area contributed by atoms with Gasteiger partial charge in [0.25, 0.3) is 0 Å². The number of hydrogen-bond donors (Lipinski definition) is 1. The summed E-state index contributed by atoms with van der Waals surface area (Å²) in [5.41, 5.74) is 1.38. The van der Waals surface area contributed by atoms with Crippen LogP contribution in [0.2, 0.25) is 5.02 Å². The Kier molecular flexibility index (Phi) is 4.38. The van der Waals surface area contributed by atoms with Crippen LogP contribution in [0.25, 0.3) is 0 Å². The van der Waals surface area contributed by atoms with E-state index in [4.69, 9.17) is 11.6 Å². The summed E-state index contributed by atoms with van der Waals surface area (Å²) < 4.78 is 14.1. The molecule has 94 valence electrons. The van der Waals surface area contributed by atoms with Gasteiger partial charge in [0.1, 0.15) is 5.82 Å². The molecule has 0 aliphatic carbocycles. The van der Waals surface area contributed by atoms with Gasteiger partial charge in [0.2, 0.25) is 0 Å². The normalized spacial score (nSPS) is 12.4. The second kappa shape index (κ2) is 5.83. The van der Waals surface area contributed by atoms with Crippen molar-refractivity contribution in [2.24, 2.45) is 0 Å². The van der Waals surface area contributed by atoms with Crippen LogP contribution in [0, 0.1) is 5.82 Å². The van der Waals surface area contributed by atoms with Crippen LogP contribution in [-0.4, -0.2) is 5.11 Å². The number of hydrogen-bond acceptors (Lipinski definition) is 1. The van der Waals surface area contributed by atoms with Gasteiger partial charge in [-0.3, -0.25) is 0 Å². The summed E-state index contributed by atoms with van der Waals surface area (Å²) in [5, 5.41) is 10.5. The molecule has 1 atom stereocenters. The second-order valence-electron chi connectivity index (χ2n) is 4.01. The minimum absolute atomic E-state index is 0.290. The van der Waals surface area contributed by atoms with Gasteiger partial charge in [0.15, 0.2) is 0 Å². The molecule has 0 aliphatic heterocycles. The smallest absolute Gasteiger partial charge is 0.123 e. The van der Waals surface area contributed by atoms with Gasteiger partial charge in [-0.15, -0.1) is 0 Å². The molecule has 2 rings (SSSR count). The molecule has 0 bridgehead atoms. The summed E-state index contributed by atoms with van der Waals surface area (Å²) in [5.74, 6) is -0.350. The summed E-state index contributed by atoms with van der Waals surface area (Å²) in [6.45, 7) is 0. The fourth-order valence-corrected chi connectivity index (χ4v) is 2.17. The Hall–Kier alpha value is -0.900. The average Bonchev–Trinajstić information content (AvgIpc) is 2.34. The molecule has 0 saturated carbocycles. The Bertz CT molecular complexity index is 542. The zero-order valence-corrected chi connectivity index (χ0v) is 11.7. The van der Waals surface area contributed by atoms with Crippen molar-refractivity contribution in [3.05, 3.63) is 68.9 Å². The van der Waals surface area contributed by atoms with Crippen LogP contribution in [0.1, 0.15) is 17.2 Å². The van der Waals surface area contributed by atoms with E-state index in [9.17, 15) is 9.50 Å². The van der Waals surface area contributed by atoms with Gasteiger partial charge in [-0.05, 0) is 41.5 Å². The number of benzene rings is 2. The molecule has 0 aromatic heterocycles. The monoisotopic (exact) mass is 328 g/mol. The molecule has 1 unspecified atom stereocenters. The first-order valence-electron chi connectivity index (χ1n) is 5.44. The van der Waals surface area contributed by atoms with Crippen LogP contribution in [0.5, 0.6) is 0 Å². The Labute approximate surface area is 118 Å². The van der Waals surface area contributed by atoms with Crippen LogP contribution in [0.4, 0.5) is 4.39 Å². The maximum Gasteiger partial charge on any atom is 0.123 e. The molecule has 2 aromatic rings. The van der Waals surface area contributed by atoms with Crippen molar-refractivity contribution in [2.45, 2.75) is 12.5 Å². The largest absolute Gasteiger partial charge is 0.388 e. The lowest BCUT2D eigenvalue weighted by molar-refractivity contribution is 0.178. The van der Waals surface area contributed by atoms with Gasteiger partial charge in [0.05, 0.1) is 6.10 Å². The average molecular weight is 330 g/mol. The van der Waals surface area contributed by atoms with Crippen molar-refractivity contribution in [3.8, 4) is 0 Å². The van der Waals surface area contributed by atoms with E-state index in [1.165, 1.54) is 18.2 Å². The zero-order chi connectivity index (χ0) is 13.1. The van der Waals surface area contributed by atoms with Crippen molar-refractivity contribution < 1.29 is 9.50 Å². The predicted octanol–water partition coefficient (Wildman–Crippen LogP) is 4.52. The highest BCUT2D eigenvalue weighted by atomic mass is 79.9.